The first-order chi connectivity index (χ1) is 16.5. The molecule has 5 heteroatoms. The molecule has 2 N–H and O–H groups in total. The lowest BCUT2D eigenvalue weighted by Crippen LogP contribution is -2.43. The number of rotatable bonds is 6. The molecule has 2 aromatic rings. The summed E-state index contributed by atoms with van der Waals surface area (Å²) in [5.74, 6) is 2.88. The Kier molecular flexibility index (Phi) is 6.57. The molecule has 0 aliphatic heterocycles. The highest BCUT2D eigenvalue weighted by Gasteiger charge is 2.54. The number of nitrogens with one attached hydrogen (secondary N) is 1. The van der Waals surface area contributed by atoms with Gasteiger partial charge in [0.1, 0.15) is 12.4 Å². The summed E-state index contributed by atoms with van der Waals surface area (Å²) in [5.41, 5.74) is 4.15. The summed E-state index contributed by atoms with van der Waals surface area (Å²) in [6.45, 7) is 3.88. The van der Waals surface area contributed by atoms with Crippen molar-refractivity contribution in [3.05, 3.63) is 65.2 Å². The minimum atomic E-state index is -0.119. The molecule has 3 aliphatic carbocycles. The Hall–Kier alpha value is -2.53. The highest BCUT2D eigenvalue weighted by Crippen LogP contribution is 2.60. The highest BCUT2D eigenvalue weighted by molar-refractivity contribution is 5.73. The molecule has 2 amide bonds. The van der Waals surface area contributed by atoms with Gasteiger partial charge in [0, 0.05) is 13.6 Å². The number of urea groups is 1. The Morgan fingerprint density at radius 3 is 2.76 bits per heavy atom. The van der Waals surface area contributed by atoms with Crippen LogP contribution in [0.25, 0.3) is 0 Å². The third-order valence-electron chi connectivity index (χ3n) is 9.00. The molecule has 0 saturated heterocycles. The van der Waals surface area contributed by atoms with E-state index in [1.165, 1.54) is 30.4 Å². The van der Waals surface area contributed by atoms with Crippen LogP contribution < -0.4 is 10.1 Å². The molecule has 0 radical (unpaired) electrons. The van der Waals surface area contributed by atoms with Gasteiger partial charge in [-0.1, -0.05) is 43.3 Å². The SMILES string of the molecule is CNC(=O)N(CCOc1ccc2c(c1)CCC1C2CCC2(C)C(O)CCC12)Cc1ccccc1. The third-order valence-corrected chi connectivity index (χ3v) is 9.00. The zero-order chi connectivity index (χ0) is 23.7. The van der Waals surface area contributed by atoms with Gasteiger partial charge in [0.15, 0.2) is 0 Å². The quantitative estimate of drug-likeness (QED) is 0.626. The number of nitrogens with zero attached hydrogens (tertiary/aromatic N) is 1. The van der Waals surface area contributed by atoms with Crippen LogP contribution in [0.4, 0.5) is 4.79 Å². The van der Waals surface area contributed by atoms with Gasteiger partial charge in [0.2, 0.25) is 0 Å². The zero-order valence-corrected chi connectivity index (χ0v) is 20.5. The van der Waals surface area contributed by atoms with E-state index in [-0.39, 0.29) is 17.6 Å². The van der Waals surface area contributed by atoms with Crippen molar-refractivity contribution in [3.8, 4) is 5.75 Å². The van der Waals surface area contributed by atoms with Gasteiger partial charge in [-0.3, -0.25) is 0 Å². The maximum Gasteiger partial charge on any atom is 0.317 e. The summed E-state index contributed by atoms with van der Waals surface area (Å²) in [4.78, 5) is 14.1. The van der Waals surface area contributed by atoms with Crippen molar-refractivity contribution < 1.29 is 14.6 Å². The number of hydrogen-bond donors (Lipinski definition) is 2. The Labute approximate surface area is 203 Å². The average Bonchev–Trinajstić information content (AvgIpc) is 3.17. The Morgan fingerprint density at radius 1 is 1.15 bits per heavy atom. The second-order valence-corrected chi connectivity index (χ2v) is 10.7. The molecule has 182 valence electrons. The average molecular weight is 463 g/mol. The van der Waals surface area contributed by atoms with E-state index in [0.717, 1.165) is 30.6 Å². The van der Waals surface area contributed by atoms with E-state index in [0.29, 0.717) is 37.5 Å². The molecule has 5 atom stereocenters. The summed E-state index contributed by atoms with van der Waals surface area (Å²) in [7, 11) is 1.66. The van der Waals surface area contributed by atoms with Gasteiger partial charge >= 0.3 is 6.03 Å². The number of aliphatic hydroxyl groups excluding tert-OH is 1. The Morgan fingerprint density at radius 2 is 1.97 bits per heavy atom. The van der Waals surface area contributed by atoms with Gasteiger partial charge in [0.05, 0.1) is 12.6 Å². The maximum absolute atomic E-state index is 12.3. The predicted molar refractivity (Wildman–Crippen MR) is 134 cm³/mol. The highest BCUT2D eigenvalue weighted by atomic mass is 16.5. The van der Waals surface area contributed by atoms with Crippen molar-refractivity contribution in [3.63, 3.8) is 0 Å². The first-order valence-corrected chi connectivity index (χ1v) is 12.9. The predicted octanol–water partition coefficient (Wildman–Crippen LogP) is 5.12. The summed E-state index contributed by atoms with van der Waals surface area (Å²) in [5, 5.41) is 13.4. The molecular weight excluding hydrogens is 424 g/mol. The van der Waals surface area contributed by atoms with Crippen molar-refractivity contribution in [2.24, 2.45) is 17.3 Å². The number of aliphatic hydroxyl groups is 1. The molecular formula is C29H38N2O3. The first kappa shape index (κ1) is 23.2. The van der Waals surface area contributed by atoms with Crippen LogP contribution in [0.5, 0.6) is 5.75 Å². The van der Waals surface area contributed by atoms with E-state index in [2.05, 4.69) is 30.4 Å². The van der Waals surface area contributed by atoms with E-state index in [1.807, 2.05) is 30.3 Å². The van der Waals surface area contributed by atoms with Crippen LogP contribution >= 0.6 is 0 Å². The monoisotopic (exact) mass is 462 g/mol. The minimum Gasteiger partial charge on any atom is -0.492 e. The summed E-state index contributed by atoms with van der Waals surface area (Å²) in [6, 6.07) is 16.6. The van der Waals surface area contributed by atoms with Crippen LogP contribution in [0, 0.1) is 17.3 Å². The molecule has 3 aliphatic rings. The van der Waals surface area contributed by atoms with Crippen molar-refractivity contribution in [1.82, 2.24) is 10.2 Å². The van der Waals surface area contributed by atoms with Crippen LogP contribution in [-0.2, 0) is 13.0 Å². The molecule has 2 fully saturated rings. The number of ether oxygens (including phenoxy) is 1. The number of aryl methyl sites for hydroxylation is 1. The number of hydrogen-bond acceptors (Lipinski definition) is 3. The van der Waals surface area contributed by atoms with Gasteiger partial charge in [-0.15, -0.1) is 0 Å². The van der Waals surface area contributed by atoms with Crippen LogP contribution in [-0.4, -0.2) is 42.3 Å². The van der Waals surface area contributed by atoms with Gasteiger partial charge < -0.3 is 20.1 Å². The van der Waals surface area contributed by atoms with Gasteiger partial charge in [-0.25, -0.2) is 4.79 Å². The molecule has 5 rings (SSSR count). The maximum atomic E-state index is 12.3. The molecule has 5 nitrogen and oxygen atoms in total. The van der Waals surface area contributed by atoms with Crippen molar-refractivity contribution >= 4 is 6.03 Å². The Bertz CT molecular complexity index is 1010. The molecule has 5 unspecified atom stereocenters. The molecule has 0 heterocycles. The normalized spacial score (nSPS) is 29.5. The topological polar surface area (TPSA) is 61.8 Å². The Balaban J connectivity index is 1.22. The number of fused-ring (bicyclic) bond motifs is 5. The third kappa shape index (κ3) is 4.31. The second-order valence-electron chi connectivity index (χ2n) is 10.7. The van der Waals surface area contributed by atoms with Crippen LogP contribution in [0.1, 0.15) is 61.6 Å². The number of carbonyl (C=O) groups excluding carboxylic acids is 1. The van der Waals surface area contributed by atoms with E-state index in [9.17, 15) is 9.90 Å². The molecule has 2 aromatic carbocycles. The number of carbonyl (C=O) groups is 1. The van der Waals surface area contributed by atoms with Crippen LogP contribution in [0.2, 0.25) is 0 Å². The largest absolute Gasteiger partial charge is 0.492 e. The standard InChI is InChI=1S/C29H38N2O3/c1-29-15-14-24-23-11-9-22(18-21(23)8-10-25(24)26(29)12-13-27(29)32)34-17-16-31(28(33)30-2)19-20-6-4-3-5-7-20/h3-7,9,11,18,24-27,32H,8,10,12-17,19H2,1-2H3,(H,30,33). The van der Waals surface area contributed by atoms with Crippen molar-refractivity contribution in [1.29, 1.82) is 0 Å². The minimum absolute atomic E-state index is 0.0923. The smallest absolute Gasteiger partial charge is 0.317 e. The number of benzene rings is 2. The lowest BCUT2D eigenvalue weighted by atomic mass is 9.55. The van der Waals surface area contributed by atoms with E-state index in [1.54, 1.807) is 11.9 Å². The summed E-state index contributed by atoms with van der Waals surface area (Å²) < 4.78 is 6.12. The van der Waals surface area contributed by atoms with Crippen LogP contribution in [0.3, 0.4) is 0 Å². The van der Waals surface area contributed by atoms with Crippen LogP contribution in [0.15, 0.2) is 48.5 Å². The van der Waals surface area contributed by atoms with Crippen molar-refractivity contribution in [2.75, 3.05) is 20.2 Å². The van der Waals surface area contributed by atoms with Gasteiger partial charge in [-0.2, -0.15) is 0 Å². The molecule has 0 aromatic heterocycles. The zero-order valence-electron chi connectivity index (χ0n) is 20.5. The molecule has 2 saturated carbocycles. The fraction of sp³-hybridized carbons (Fsp3) is 0.552. The summed E-state index contributed by atoms with van der Waals surface area (Å²) >= 11 is 0. The van der Waals surface area contributed by atoms with Gasteiger partial charge in [-0.05, 0) is 90.5 Å². The first-order valence-electron chi connectivity index (χ1n) is 12.9. The lowest BCUT2D eigenvalue weighted by Gasteiger charge is -2.50. The summed E-state index contributed by atoms with van der Waals surface area (Å²) in [6.07, 6.45) is 6.66. The molecule has 34 heavy (non-hydrogen) atoms. The fourth-order valence-electron chi connectivity index (χ4n) is 7.11. The van der Waals surface area contributed by atoms with Crippen molar-refractivity contribution in [2.45, 2.75) is 64.0 Å². The van der Waals surface area contributed by atoms with Gasteiger partial charge in [0.25, 0.3) is 0 Å². The second kappa shape index (κ2) is 9.61. The number of amides is 2. The lowest BCUT2D eigenvalue weighted by molar-refractivity contribution is -0.0226. The van der Waals surface area contributed by atoms with E-state index < -0.39 is 0 Å². The fourth-order valence-corrected chi connectivity index (χ4v) is 7.11. The van der Waals surface area contributed by atoms with E-state index >= 15 is 0 Å². The molecule has 0 spiro atoms. The van der Waals surface area contributed by atoms with E-state index in [4.69, 9.17) is 4.74 Å². The molecule has 0 bridgehead atoms.